The van der Waals surface area contributed by atoms with Gasteiger partial charge >= 0.3 is 0 Å². The molecule has 0 aliphatic heterocycles. The third kappa shape index (κ3) is 3.90. The molecule has 1 N–H and O–H groups in total. The Morgan fingerprint density at radius 1 is 1.33 bits per heavy atom. The lowest BCUT2D eigenvalue weighted by Crippen LogP contribution is -2.33. The van der Waals surface area contributed by atoms with Crippen molar-refractivity contribution in [3.8, 4) is 0 Å². The maximum Gasteiger partial charge on any atom is 0.293 e. The van der Waals surface area contributed by atoms with Crippen LogP contribution in [0.5, 0.6) is 0 Å². The van der Waals surface area contributed by atoms with E-state index in [-0.39, 0.29) is 4.88 Å². The van der Waals surface area contributed by atoms with Crippen LogP contribution in [0.4, 0.5) is 4.39 Å². The zero-order valence-corrected chi connectivity index (χ0v) is 14.0. The number of halogens is 3. The molecule has 0 saturated heterocycles. The first-order chi connectivity index (χ1) is 9.88. The van der Waals surface area contributed by atoms with E-state index in [9.17, 15) is 14.0 Å². The van der Waals surface area contributed by atoms with E-state index in [1.807, 2.05) is 0 Å². The molecule has 1 aromatic heterocycles. The summed E-state index contributed by atoms with van der Waals surface area (Å²) in [7, 11) is 0. The number of benzene rings is 1. The van der Waals surface area contributed by atoms with Crippen molar-refractivity contribution in [1.29, 1.82) is 0 Å². The van der Waals surface area contributed by atoms with Gasteiger partial charge in [-0.05, 0) is 31.2 Å². The molecule has 0 radical (unpaired) electrons. The molecule has 0 unspecified atom stereocenters. The fourth-order valence-electron chi connectivity index (χ4n) is 1.74. The van der Waals surface area contributed by atoms with Crippen molar-refractivity contribution in [2.45, 2.75) is 13.0 Å². The number of nitrogens with one attached hydrogen (secondary N) is 1. The first kappa shape index (κ1) is 16.1. The molecular weight excluding hydrogens is 381 g/mol. The Morgan fingerprint density at radius 3 is 2.62 bits per heavy atom. The van der Waals surface area contributed by atoms with Crippen LogP contribution in [-0.4, -0.2) is 11.7 Å². The van der Waals surface area contributed by atoms with Crippen LogP contribution in [0.15, 0.2) is 34.8 Å². The van der Waals surface area contributed by atoms with Crippen LogP contribution < -0.4 is 5.32 Å². The molecule has 1 amide bonds. The normalized spacial score (nSPS) is 12.0. The standard InChI is InChI=1S/C14H10BrClFNO2S/c1-7(9-3-2-8(15)6-10(9)17)18-14(20)13(19)11-4-5-12(16)21-11/h2-7H,1H3,(H,18,20)/t7-/m0/s1. The van der Waals surface area contributed by atoms with Gasteiger partial charge in [0, 0.05) is 10.0 Å². The topological polar surface area (TPSA) is 46.2 Å². The highest BCUT2D eigenvalue weighted by Crippen LogP contribution is 2.23. The highest BCUT2D eigenvalue weighted by atomic mass is 79.9. The molecule has 3 nitrogen and oxygen atoms in total. The summed E-state index contributed by atoms with van der Waals surface area (Å²) in [5, 5.41) is 2.48. The lowest BCUT2D eigenvalue weighted by molar-refractivity contribution is -0.117. The zero-order valence-electron chi connectivity index (χ0n) is 10.8. The third-order valence-electron chi connectivity index (χ3n) is 2.78. The Bertz CT molecular complexity index is 704. The maximum absolute atomic E-state index is 13.8. The molecule has 0 aliphatic carbocycles. The molecule has 110 valence electrons. The molecular formula is C14H10BrClFNO2S. The van der Waals surface area contributed by atoms with Crippen molar-refractivity contribution in [2.75, 3.05) is 0 Å². The Labute approximate surface area is 138 Å². The van der Waals surface area contributed by atoms with E-state index in [1.54, 1.807) is 25.1 Å². The fourth-order valence-corrected chi connectivity index (χ4v) is 3.05. The quantitative estimate of drug-likeness (QED) is 0.623. The Kier molecular flexibility index (Phi) is 5.13. The minimum absolute atomic E-state index is 0.251. The van der Waals surface area contributed by atoms with Crippen molar-refractivity contribution >= 4 is 50.6 Å². The maximum atomic E-state index is 13.8. The van der Waals surface area contributed by atoms with Gasteiger partial charge in [-0.1, -0.05) is 33.6 Å². The van der Waals surface area contributed by atoms with E-state index >= 15 is 0 Å². The number of rotatable bonds is 4. The van der Waals surface area contributed by atoms with Crippen molar-refractivity contribution in [2.24, 2.45) is 0 Å². The molecule has 1 atom stereocenters. The number of amides is 1. The number of hydrogen-bond donors (Lipinski definition) is 1. The molecule has 1 heterocycles. The smallest absolute Gasteiger partial charge is 0.293 e. The van der Waals surface area contributed by atoms with Crippen LogP contribution in [-0.2, 0) is 4.79 Å². The molecule has 0 saturated carbocycles. The molecule has 2 aromatic rings. The number of carbonyl (C=O) groups is 2. The minimum Gasteiger partial charge on any atom is -0.343 e. The van der Waals surface area contributed by atoms with Crippen LogP contribution in [0, 0.1) is 5.82 Å². The van der Waals surface area contributed by atoms with E-state index < -0.39 is 23.5 Å². The van der Waals surface area contributed by atoms with Crippen molar-refractivity contribution < 1.29 is 14.0 Å². The van der Waals surface area contributed by atoms with Gasteiger partial charge in [-0.25, -0.2) is 4.39 Å². The molecule has 0 fully saturated rings. The predicted molar refractivity (Wildman–Crippen MR) is 84.3 cm³/mol. The zero-order chi connectivity index (χ0) is 15.6. The molecule has 2 rings (SSSR count). The van der Waals surface area contributed by atoms with Crippen LogP contribution in [0.2, 0.25) is 4.34 Å². The van der Waals surface area contributed by atoms with Crippen LogP contribution >= 0.6 is 38.9 Å². The van der Waals surface area contributed by atoms with Crippen molar-refractivity contribution in [3.05, 3.63) is 55.4 Å². The number of Topliss-reactive ketones (excluding diaryl/α,β-unsaturated/α-hetero) is 1. The third-order valence-corrected chi connectivity index (χ3v) is 4.50. The Hall–Kier alpha value is -1.24. The first-order valence-electron chi connectivity index (χ1n) is 5.94. The second-order valence-corrected chi connectivity index (χ2v) is 6.92. The van der Waals surface area contributed by atoms with Crippen LogP contribution in [0.3, 0.4) is 0 Å². The Balaban J connectivity index is 2.10. The number of hydrogen-bond acceptors (Lipinski definition) is 3. The summed E-state index contributed by atoms with van der Waals surface area (Å²) in [4.78, 5) is 24.0. The summed E-state index contributed by atoms with van der Waals surface area (Å²) in [6.45, 7) is 1.61. The summed E-state index contributed by atoms with van der Waals surface area (Å²) in [5.41, 5.74) is 0.309. The molecule has 0 spiro atoms. The van der Waals surface area contributed by atoms with Gasteiger partial charge in [-0.3, -0.25) is 9.59 Å². The van der Waals surface area contributed by atoms with Crippen LogP contribution in [0.25, 0.3) is 0 Å². The van der Waals surface area contributed by atoms with Crippen LogP contribution in [0.1, 0.15) is 28.2 Å². The highest BCUT2D eigenvalue weighted by Gasteiger charge is 2.21. The lowest BCUT2D eigenvalue weighted by Gasteiger charge is -2.14. The number of carbonyl (C=O) groups excluding carboxylic acids is 2. The second-order valence-electron chi connectivity index (χ2n) is 4.29. The highest BCUT2D eigenvalue weighted by molar-refractivity contribution is 9.10. The van der Waals surface area contributed by atoms with E-state index in [1.165, 1.54) is 12.1 Å². The van der Waals surface area contributed by atoms with Crippen molar-refractivity contribution in [3.63, 3.8) is 0 Å². The van der Waals surface area contributed by atoms with Gasteiger partial charge < -0.3 is 5.32 Å². The first-order valence-corrected chi connectivity index (χ1v) is 7.92. The summed E-state index contributed by atoms with van der Waals surface area (Å²) in [5.74, 6) is -1.93. The lowest BCUT2D eigenvalue weighted by atomic mass is 10.1. The number of ketones is 1. The van der Waals surface area contributed by atoms with E-state index in [0.29, 0.717) is 14.4 Å². The summed E-state index contributed by atoms with van der Waals surface area (Å²) in [6.07, 6.45) is 0. The van der Waals surface area contributed by atoms with E-state index in [0.717, 1.165) is 11.3 Å². The number of thiophene rings is 1. The molecule has 21 heavy (non-hydrogen) atoms. The summed E-state index contributed by atoms with van der Waals surface area (Å²) in [6, 6.07) is 6.94. The molecule has 1 aromatic carbocycles. The van der Waals surface area contributed by atoms with Crippen molar-refractivity contribution in [1.82, 2.24) is 5.32 Å². The van der Waals surface area contributed by atoms with Gasteiger partial charge in [0.2, 0.25) is 0 Å². The monoisotopic (exact) mass is 389 g/mol. The second kappa shape index (κ2) is 6.68. The van der Waals surface area contributed by atoms with E-state index in [2.05, 4.69) is 21.2 Å². The van der Waals surface area contributed by atoms with Gasteiger partial charge in [-0.15, -0.1) is 11.3 Å². The van der Waals surface area contributed by atoms with Gasteiger partial charge in [0.15, 0.2) is 0 Å². The summed E-state index contributed by atoms with van der Waals surface area (Å²) >= 11 is 9.91. The molecule has 0 bridgehead atoms. The fraction of sp³-hybridized carbons (Fsp3) is 0.143. The average Bonchev–Trinajstić information content (AvgIpc) is 2.84. The Morgan fingerprint density at radius 2 is 2.05 bits per heavy atom. The molecule has 7 heteroatoms. The van der Waals surface area contributed by atoms with Gasteiger partial charge in [-0.2, -0.15) is 0 Å². The predicted octanol–water partition coefficient (Wildman–Crippen LogP) is 4.36. The summed E-state index contributed by atoms with van der Waals surface area (Å²) < 4.78 is 14.8. The van der Waals surface area contributed by atoms with E-state index in [4.69, 9.17) is 11.6 Å². The SMILES string of the molecule is C[C@H](NC(=O)C(=O)c1ccc(Cl)s1)c1ccc(Br)cc1F. The average molecular weight is 391 g/mol. The van der Waals surface area contributed by atoms with Gasteiger partial charge in [0.25, 0.3) is 11.7 Å². The van der Waals surface area contributed by atoms with Gasteiger partial charge in [0.05, 0.1) is 15.3 Å². The minimum atomic E-state index is -0.789. The largest absolute Gasteiger partial charge is 0.343 e. The van der Waals surface area contributed by atoms with Gasteiger partial charge in [0.1, 0.15) is 5.82 Å². The molecule has 0 aliphatic rings.